The quantitative estimate of drug-likeness (QED) is 0.690. The third-order valence-corrected chi connectivity index (χ3v) is 3.25. The summed E-state index contributed by atoms with van der Waals surface area (Å²) >= 11 is 0. The van der Waals surface area contributed by atoms with Gasteiger partial charge in [0.15, 0.2) is 0 Å². The van der Waals surface area contributed by atoms with Gasteiger partial charge in [0.2, 0.25) is 11.9 Å². The number of ether oxygens (including phenoxy) is 1. The Kier molecular flexibility index (Phi) is 7.79. The van der Waals surface area contributed by atoms with Gasteiger partial charge in [-0.05, 0) is 32.6 Å². The zero-order chi connectivity index (χ0) is 15.7. The van der Waals surface area contributed by atoms with Crippen LogP contribution in [0, 0.1) is 5.92 Å². The Morgan fingerprint density at radius 1 is 1.05 bits per heavy atom. The maximum atomic E-state index is 5.41. The van der Waals surface area contributed by atoms with Crippen LogP contribution < -0.4 is 15.4 Å². The second-order valence-corrected chi connectivity index (χ2v) is 5.42. The lowest BCUT2D eigenvalue weighted by Crippen LogP contribution is -2.21. The molecule has 1 aromatic heterocycles. The van der Waals surface area contributed by atoms with Gasteiger partial charge < -0.3 is 15.4 Å². The first-order chi connectivity index (χ1) is 10.1. The van der Waals surface area contributed by atoms with Crippen molar-refractivity contribution in [1.29, 1.82) is 0 Å². The highest BCUT2D eigenvalue weighted by molar-refractivity contribution is 5.36. The first kappa shape index (κ1) is 17.5. The summed E-state index contributed by atoms with van der Waals surface area (Å²) in [5.41, 5.74) is 0. The van der Waals surface area contributed by atoms with Gasteiger partial charge in [-0.1, -0.05) is 27.2 Å². The maximum absolute atomic E-state index is 5.41. The summed E-state index contributed by atoms with van der Waals surface area (Å²) in [6.07, 6.45) is 3.28. The van der Waals surface area contributed by atoms with Crippen molar-refractivity contribution in [2.75, 3.05) is 23.8 Å². The van der Waals surface area contributed by atoms with E-state index in [2.05, 4.69) is 53.3 Å². The van der Waals surface area contributed by atoms with Crippen LogP contribution in [0.2, 0.25) is 0 Å². The van der Waals surface area contributed by atoms with E-state index < -0.39 is 0 Å². The molecule has 0 fully saturated rings. The molecule has 21 heavy (non-hydrogen) atoms. The molecule has 6 nitrogen and oxygen atoms in total. The number of aromatic nitrogens is 3. The molecule has 2 unspecified atom stereocenters. The highest BCUT2D eigenvalue weighted by Gasteiger charge is 2.11. The highest BCUT2D eigenvalue weighted by atomic mass is 16.5. The lowest BCUT2D eigenvalue weighted by molar-refractivity contribution is 0.312. The van der Waals surface area contributed by atoms with E-state index in [1.807, 2.05) is 6.92 Å². The lowest BCUT2D eigenvalue weighted by atomic mass is 10.0. The molecule has 0 bridgehead atoms. The van der Waals surface area contributed by atoms with Crippen molar-refractivity contribution in [1.82, 2.24) is 15.0 Å². The number of nitrogens with zero attached hydrogens (tertiary/aromatic N) is 3. The number of nitrogens with one attached hydrogen (secondary N) is 2. The Morgan fingerprint density at radius 3 is 2.38 bits per heavy atom. The van der Waals surface area contributed by atoms with Crippen LogP contribution in [0.5, 0.6) is 6.01 Å². The number of hydrogen-bond donors (Lipinski definition) is 2. The van der Waals surface area contributed by atoms with Crippen LogP contribution in [0.3, 0.4) is 0 Å². The lowest BCUT2D eigenvalue weighted by Gasteiger charge is -2.18. The van der Waals surface area contributed by atoms with Crippen molar-refractivity contribution in [2.24, 2.45) is 5.92 Å². The van der Waals surface area contributed by atoms with Gasteiger partial charge in [-0.25, -0.2) is 0 Å². The summed E-state index contributed by atoms with van der Waals surface area (Å²) < 4.78 is 5.41. The average molecular weight is 295 g/mol. The fourth-order valence-corrected chi connectivity index (χ4v) is 1.98. The van der Waals surface area contributed by atoms with Gasteiger partial charge in [0, 0.05) is 12.6 Å². The molecule has 0 saturated heterocycles. The molecule has 0 aliphatic carbocycles. The van der Waals surface area contributed by atoms with Crippen LogP contribution in [0.4, 0.5) is 11.9 Å². The first-order valence-corrected chi connectivity index (χ1v) is 7.98. The van der Waals surface area contributed by atoms with Gasteiger partial charge >= 0.3 is 6.01 Å². The summed E-state index contributed by atoms with van der Waals surface area (Å²) in [7, 11) is 0. The molecule has 0 aliphatic rings. The van der Waals surface area contributed by atoms with Crippen molar-refractivity contribution < 1.29 is 4.74 Å². The molecule has 0 radical (unpaired) electrons. The number of rotatable bonds is 10. The smallest absolute Gasteiger partial charge is 0.323 e. The molecule has 2 atom stereocenters. The van der Waals surface area contributed by atoms with Crippen LogP contribution in [0.1, 0.15) is 53.9 Å². The van der Waals surface area contributed by atoms with E-state index in [1.165, 1.54) is 6.42 Å². The van der Waals surface area contributed by atoms with E-state index in [9.17, 15) is 0 Å². The predicted molar refractivity (Wildman–Crippen MR) is 86.9 cm³/mol. The fraction of sp³-hybridized carbons (Fsp3) is 0.800. The maximum Gasteiger partial charge on any atom is 0.323 e. The van der Waals surface area contributed by atoms with Crippen molar-refractivity contribution in [2.45, 2.75) is 59.9 Å². The van der Waals surface area contributed by atoms with E-state index in [-0.39, 0.29) is 0 Å². The molecule has 6 heteroatoms. The van der Waals surface area contributed by atoms with Gasteiger partial charge in [-0.15, -0.1) is 0 Å². The second-order valence-electron chi connectivity index (χ2n) is 5.42. The number of hydrogen-bond acceptors (Lipinski definition) is 6. The van der Waals surface area contributed by atoms with Crippen molar-refractivity contribution in [3.63, 3.8) is 0 Å². The van der Waals surface area contributed by atoms with Crippen LogP contribution >= 0.6 is 0 Å². The molecule has 1 rings (SSSR count). The zero-order valence-electron chi connectivity index (χ0n) is 13.9. The molecule has 0 aromatic carbocycles. The summed E-state index contributed by atoms with van der Waals surface area (Å²) in [5.74, 6) is 1.81. The Morgan fingerprint density at radius 2 is 1.76 bits per heavy atom. The molecule has 2 N–H and O–H groups in total. The third-order valence-electron chi connectivity index (χ3n) is 3.25. The van der Waals surface area contributed by atoms with E-state index in [0.717, 1.165) is 19.4 Å². The van der Waals surface area contributed by atoms with E-state index in [4.69, 9.17) is 4.74 Å². The molecular formula is C15H29N5O. The van der Waals surface area contributed by atoms with E-state index in [1.54, 1.807) is 0 Å². The van der Waals surface area contributed by atoms with Gasteiger partial charge in [-0.2, -0.15) is 15.0 Å². The minimum Gasteiger partial charge on any atom is -0.464 e. The fourth-order valence-electron chi connectivity index (χ4n) is 1.98. The Bertz CT molecular complexity index is 413. The predicted octanol–water partition coefficient (Wildman–Crippen LogP) is 3.33. The number of anilines is 2. The van der Waals surface area contributed by atoms with E-state index in [0.29, 0.717) is 36.5 Å². The van der Waals surface area contributed by atoms with Gasteiger partial charge in [-0.3, -0.25) is 0 Å². The topological polar surface area (TPSA) is 72.0 Å². The van der Waals surface area contributed by atoms with Gasteiger partial charge in [0.05, 0.1) is 6.61 Å². The Hall–Kier alpha value is -1.59. The molecule has 0 amide bonds. The Labute approximate surface area is 128 Å². The first-order valence-electron chi connectivity index (χ1n) is 7.98. The molecular weight excluding hydrogens is 266 g/mol. The summed E-state index contributed by atoms with van der Waals surface area (Å²) in [4.78, 5) is 13.0. The Balaban J connectivity index is 2.76. The molecule has 0 spiro atoms. The summed E-state index contributed by atoms with van der Waals surface area (Å²) in [6, 6.07) is 0.681. The third kappa shape index (κ3) is 6.60. The normalized spacial score (nSPS) is 13.6. The van der Waals surface area contributed by atoms with Gasteiger partial charge in [0.25, 0.3) is 0 Å². The molecule has 1 aromatic rings. The van der Waals surface area contributed by atoms with Crippen molar-refractivity contribution in [3.8, 4) is 6.01 Å². The largest absolute Gasteiger partial charge is 0.464 e. The minimum atomic E-state index is 0.316. The van der Waals surface area contributed by atoms with Crippen LogP contribution in [0.25, 0.3) is 0 Å². The molecule has 0 aliphatic heterocycles. The van der Waals surface area contributed by atoms with E-state index >= 15 is 0 Å². The summed E-state index contributed by atoms with van der Waals surface area (Å²) in [6.45, 7) is 12.0. The van der Waals surface area contributed by atoms with Crippen LogP contribution in [-0.2, 0) is 0 Å². The van der Waals surface area contributed by atoms with Crippen LogP contribution in [0.15, 0.2) is 0 Å². The highest BCUT2D eigenvalue weighted by Crippen LogP contribution is 2.15. The standard InChI is InChI=1S/C15H29N5O/c1-6-9-16-13-18-14(20-15(19-13)21-8-3)17-12(5)10-11(4)7-2/h11-12H,6-10H2,1-5H3,(H2,16,17,18,19,20). The van der Waals surface area contributed by atoms with Gasteiger partial charge in [0.1, 0.15) is 0 Å². The van der Waals surface area contributed by atoms with Crippen molar-refractivity contribution in [3.05, 3.63) is 0 Å². The minimum absolute atomic E-state index is 0.316. The van der Waals surface area contributed by atoms with Crippen LogP contribution in [-0.4, -0.2) is 34.1 Å². The monoisotopic (exact) mass is 295 g/mol. The summed E-state index contributed by atoms with van der Waals surface area (Å²) in [5, 5.41) is 6.52. The molecule has 120 valence electrons. The second kappa shape index (κ2) is 9.37. The van der Waals surface area contributed by atoms with Crippen molar-refractivity contribution >= 4 is 11.9 Å². The SMILES string of the molecule is CCCNc1nc(NC(C)CC(C)CC)nc(OCC)n1. The molecule has 1 heterocycles. The molecule has 0 saturated carbocycles. The average Bonchev–Trinajstić information content (AvgIpc) is 2.45. The zero-order valence-corrected chi connectivity index (χ0v) is 13.9.